The Morgan fingerprint density at radius 3 is 3.06 bits per heavy atom. The predicted octanol–water partition coefficient (Wildman–Crippen LogP) is -1.19. The van der Waals surface area contributed by atoms with Crippen molar-refractivity contribution in [3.8, 4) is 0 Å². The fourth-order valence-electron chi connectivity index (χ4n) is 1.95. The Labute approximate surface area is 106 Å². The van der Waals surface area contributed by atoms with E-state index in [4.69, 9.17) is 5.73 Å². The number of hydrogen-bond acceptors (Lipinski definition) is 6. The Kier molecular flexibility index (Phi) is 3.61. The number of carbonyl (C=O) groups is 1. The van der Waals surface area contributed by atoms with Gasteiger partial charge in [-0.05, 0) is 6.07 Å². The maximum Gasteiger partial charge on any atom is 0.241 e. The minimum absolute atomic E-state index is 0.341. The molecule has 1 fully saturated rings. The largest absolute Gasteiger partial charge is 0.368 e. The molecule has 7 heteroatoms. The molecule has 98 valence electrons. The summed E-state index contributed by atoms with van der Waals surface area (Å²) in [5, 5.41) is 3.16. The second kappa shape index (κ2) is 5.18. The van der Waals surface area contributed by atoms with Crippen molar-refractivity contribution in [3.63, 3.8) is 0 Å². The Morgan fingerprint density at radius 1 is 1.61 bits per heavy atom. The van der Waals surface area contributed by atoms with Crippen LogP contribution in [-0.2, 0) is 4.79 Å². The summed E-state index contributed by atoms with van der Waals surface area (Å²) in [4.78, 5) is 23.8. The summed E-state index contributed by atoms with van der Waals surface area (Å²) in [5.41, 5.74) is 5.42. The molecule has 1 aromatic heterocycles. The van der Waals surface area contributed by atoms with Crippen LogP contribution in [0.15, 0.2) is 12.3 Å². The SMILES string of the molecule is CN(C)c1nccc(N2CCNCC2C(N)=O)n1. The Bertz CT molecular complexity index is 435. The number of amides is 1. The van der Waals surface area contributed by atoms with Gasteiger partial charge in [0.05, 0.1) is 0 Å². The summed E-state index contributed by atoms with van der Waals surface area (Å²) in [7, 11) is 3.75. The molecule has 3 N–H and O–H groups in total. The zero-order chi connectivity index (χ0) is 13.1. The van der Waals surface area contributed by atoms with Crippen LogP contribution < -0.4 is 20.9 Å². The van der Waals surface area contributed by atoms with Crippen LogP contribution in [0.2, 0.25) is 0 Å². The van der Waals surface area contributed by atoms with Crippen molar-refractivity contribution in [3.05, 3.63) is 12.3 Å². The monoisotopic (exact) mass is 250 g/mol. The van der Waals surface area contributed by atoms with Gasteiger partial charge in [-0.3, -0.25) is 4.79 Å². The molecule has 7 nitrogen and oxygen atoms in total. The first-order valence-corrected chi connectivity index (χ1v) is 5.86. The first-order chi connectivity index (χ1) is 8.59. The molecule has 2 rings (SSSR count). The lowest BCUT2D eigenvalue weighted by atomic mass is 10.2. The van der Waals surface area contributed by atoms with Crippen LogP contribution in [0.4, 0.5) is 11.8 Å². The highest BCUT2D eigenvalue weighted by atomic mass is 16.1. The van der Waals surface area contributed by atoms with E-state index in [1.54, 1.807) is 12.3 Å². The van der Waals surface area contributed by atoms with Crippen LogP contribution in [0.25, 0.3) is 0 Å². The molecule has 0 spiro atoms. The molecule has 1 atom stereocenters. The molecule has 1 unspecified atom stereocenters. The van der Waals surface area contributed by atoms with Crippen molar-refractivity contribution in [1.29, 1.82) is 0 Å². The molecule has 1 aromatic rings. The summed E-state index contributed by atoms with van der Waals surface area (Å²) in [6.45, 7) is 2.07. The van der Waals surface area contributed by atoms with E-state index in [9.17, 15) is 4.79 Å². The van der Waals surface area contributed by atoms with Crippen molar-refractivity contribution in [1.82, 2.24) is 15.3 Å². The van der Waals surface area contributed by atoms with Crippen LogP contribution in [0.5, 0.6) is 0 Å². The van der Waals surface area contributed by atoms with E-state index >= 15 is 0 Å². The number of nitrogens with one attached hydrogen (secondary N) is 1. The smallest absolute Gasteiger partial charge is 0.241 e. The lowest BCUT2D eigenvalue weighted by Crippen LogP contribution is -2.57. The zero-order valence-corrected chi connectivity index (χ0v) is 10.6. The van der Waals surface area contributed by atoms with Gasteiger partial charge in [-0.15, -0.1) is 0 Å². The number of nitrogens with zero attached hydrogens (tertiary/aromatic N) is 4. The maximum atomic E-state index is 11.4. The number of rotatable bonds is 3. The molecule has 18 heavy (non-hydrogen) atoms. The summed E-state index contributed by atoms with van der Waals surface area (Å²) in [6.07, 6.45) is 1.69. The average molecular weight is 250 g/mol. The molecular formula is C11H18N6O. The third-order valence-electron chi connectivity index (χ3n) is 2.89. The van der Waals surface area contributed by atoms with Gasteiger partial charge in [0.1, 0.15) is 11.9 Å². The Morgan fingerprint density at radius 2 is 2.39 bits per heavy atom. The van der Waals surface area contributed by atoms with E-state index in [2.05, 4.69) is 15.3 Å². The third kappa shape index (κ3) is 2.51. The predicted molar refractivity (Wildman–Crippen MR) is 69.6 cm³/mol. The standard InChI is InChI=1S/C11H18N6O/c1-16(2)11-14-4-3-9(15-11)17-6-5-13-7-8(17)10(12)18/h3-4,8,13H,5-7H2,1-2H3,(H2,12,18). The first-order valence-electron chi connectivity index (χ1n) is 5.86. The van der Waals surface area contributed by atoms with Crippen LogP contribution in [0.1, 0.15) is 0 Å². The lowest BCUT2D eigenvalue weighted by molar-refractivity contribution is -0.119. The molecule has 1 saturated heterocycles. The van der Waals surface area contributed by atoms with Gasteiger partial charge in [0, 0.05) is 39.9 Å². The van der Waals surface area contributed by atoms with E-state index in [1.807, 2.05) is 23.9 Å². The molecule has 0 aromatic carbocycles. The lowest BCUT2D eigenvalue weighted by Gasteiger charge is -2.35. The van der Waals surface area contributed by atoms with Crippen LogP contribution in [-0.4, -0.2) is 55.6 Å². The minimum atomic E-state index is -0.358. The second-order valence-corrected chi connectivity index (χ2v) is 4.42. The highest BCUT2D eigenvalue weighted by Gasteiger charge is 2.28. The van der Waals surface area contributed by atoms with Crippen LogP contribution in [0, 0.1) is 0 Å². The quantitative estimate of drug-likeness (QED) is 0.701. The Balaban J connectivity index is 2.28. The third-order valence-corrected chi connectivity index (χ3v) is 2.89. The highest BCUT2D eigenvalue weighted by Crippen LogP contribution is 2.17. The molecular weight excluding hydrogens is 232 g/mol. The van der Waals surface area contributed by atoms with Crippen molar-refractivity contribution in [2.24, 2.45) is 5.73 Å². The van der Waals surface area contributed by atoms with Gasteiger partial charge in [0.25, 0.3) is 0 Å². The van der Waals surface area contributed by atoms with E-state index in [-0.39, 0.29) is 11.9 Å². The topological polar surface area (TPSA) is 87.4 Å². The number of nitrogens with two attached hydrogens (primary N) is 1. The molecule has 0 radical (unpaired) electrons. The van der Waals surface area contributed by atoms with Crippen LogP contribution in [0.3, 0.4) is 0 Å². The van der Waals surface area contributed by atoms with Gasteiger partial charge in [-0.2, -0.15) is 4.98 Å². The second-order valence-electron chi connectivity index (χ2n) is 4.42. The van der Waals surface area contributed by atoms with Gasteiger partial charge in [0.15, 0.2) is 0 Å². The first kappa shape index (κ1) is 12.6. The number of carbonyl (C=O) groups excluding carboxylic acids is 1. The van der Waals surface area contributed by atoms with Crippen molar-refractivity contribution in [2.45, 2.75) is 6.04 Å². The molecule has 0 saturated carbocycles. The Hall–Kier alpha value is -1.89. The molecule has 1 amide bonds. The fourth-order valence-corrected chi connectivity index (χ4v) is 1.95. The maximum absolute atomic E-state index is 11.4. The van der Waals surface area contributed by atoms with Crippen LogP contribution >= 0.6 is 0 Å². The van der Waals surface area contributed by atoms with E-state index in [0.717, 1.165) is 12.4 Å². The van der Waals surface area contributed by atoms with Gasteiger partial charge in [0.2, 0.25) is 11.9 Å². The van der Waals surface area contributed by atoms with Gasteiger partial charge < -0.3 is 20.9 Å². The number of anilines is 2. The molecule has 1 aliphatic heterocycles. The van der Waals surface area contributed by atoms with Gasteiger partial charge in [-0.25, -0.2) is 4.98 Å². The number of piperazine rings is 1. The highest BCUT2D eigenvalue weighted by molar-refractivity contribution is 5.83. The number of aromatic nitrogens is 2. The van der Waals surface area contributed by atoms with E-state index in [0.29, 0.717) is 19.0 Å². The summed E-state index contributed by atoms with van der Waals surface area (Å²) < 4.78 is 0. The van der Waals surface area contributed by atoms with Crippen molar-refractivity contribution >= 4 is 17.7 Å². The molecule has 1 aliphatic rings. The van der Waals surface area contributed by atoms with E-state index in [1.165, 1.54) is 0 Å². The zero-order valence-electron chi connectivity index (χ0n) is 10.6. The number of primary amides is 1. The molecule has 0 bridgehead atoms. The average Bonchev–Trinajstić information content (AvgIpc) is 2.39. The summed E-state index contributed by atoms with van der Waals surface area (Å²) in [6, 6.07) is 1.44. The van der Waals surface area contributed by atoms with Gasteiger partial charge >= 0.3 is 0 Å². The van der Waals surface area contributed by atoms with E-state index < -0.39 is 0 Å². The molecule has 2 heterocycles. The van der Waals surface area contributed by atoms with Gasteiger partial charge in [-0.1, -0.05) is 0 Å². The summed E-state index contributed by atoms with van der Waals surface area (Å²) >= 11 is 0. The van der Waals surface area contributed by atoms with Crippen molar-refractivity contribution in [2.75, 3.05) is 43.5 Å². The normalized spacial score (nSPS) is 19.7. The minimum Gasteiger partial charge on any atom is -0.368 e. The van der Waals surface area contributed by atoms with Crippen molar-refractivity contribution < 1.29 is 4.79 Å². The number of hydrogen-bond donors (Lipinski definition) is 2. The molecule has 0 aliphatic carbocycles. The summed E-state index contributed by atoms with van der Waals surface area (Å²) in [5.74, 6) is 1.01. The fraction of sp³-hybridized carbons (Fsp3) is 0.545.